The van der Waals surface area contributed by atoms with Gasteiger partial charge in [0.25, 0.3) is 10.0 Å². The first kappa shape index (κ1) is 23.8. The van der Waals surface area contributed by atoms with Crippen LogP contribution in [0.15, 0.2) is 18.2 Å². The molecule has 10 heteroatoms. The number of fused-ring (bicyclic) bond motifs is 1. The molecule has 168 valence electrons. The molecule has 2 amide bonds. The zero-order chi connectivity index (χ0) is 22.9. The third kappa shape index (κ3) is 6.51. The van der Waals surface area contributed by atoms with Gasteiger partial charge in [-0.15, -0.1) is 0 Å². The fourth-order valence-corrected chi connectivity index (χ4v) is 3.29. The lowest BCUT2D eigenvalue weighted by Crippen LogP contribution is -2.40. The third-order valence-corrected chi connectivity index (χ3v) is 5.39. The molecule has 0 saturated heterocycles. The van der Waals surface area contributed by atoms with E-state index in [0.717, 1.165) is 18.2 Å². The molecule has 1 aliphatic rings. The number of ether oxygens (including phenoxy) is 3. The molecule has 1 aliphatic heterocycles. The zero-order valence-corrected chi connectivity index (χ0v) is 19.3. The van der Waals surface area contributed by atoms with Crippen molar-refractivity contribution < 1.29 is 32.2 Å². The maximum Gasteiger partial charge on any atom is 0.423 e. The second kappa shape index (κ2) is 8.33. The number of hydrogen-bond donors (Lipinski definition) is 0. The van der Waals surface area contributed by atoms with E-state index in [9.17, 15) is 18.0 Å². The molecule has 0 aliphatic carbocycles. The number of rotatable bonds is 4. The van der Waals surface area contributed by atoms with Gasteiger partial charge in [-0.25, -0.2) is 22.3 Å². The molecule has 2 rings (SSSR count). The Bertz CT molecular complexity index is 914. The van der Waals surface area contributed by atoms with Gasteiger partial charge in [-0.1, -0.05) is 6.07 Å². The summed E-state index contributed by atoms with van der Waals surface area (Å²) in [5.41, 5.74) is 0.370. The summed E-state index contributed by atoms with van der Waals surface area (Å²) >= 11 is 0. The number of sulfonamides is 1. The topological polar surface area (TPSA) is 102 Å². The van der Waals surface area contributed by atoms with Crippen molar-refractivity contribution in [3.8, 4) is 5.75 Å². The van der Waals surface area contributed by atoms with E-state index in [1.807, 2.05) is 0 Å². The number of amides is 2. The van der Waals surface area contributed by atoms with E-state index >= 15 is 0 Å². The molecule has 0 unspecified atom stereocenters. The maximum atomic E-state index is 12.4. The molecule has 0 atom stereocenters. The van der Waals surface area contributed by atoms with Crippen LogP contribution in [0.25, 0.3) is 0 Å². The Kier molecular flexibility index (Phi) is 6.60. The van der Waals surface area contributed by atoms with E-state index in [1.54, 1.807) is 64.6 Å². The fraction of sp³-hybridized carbons (Fsp3) is 0.600. The molecule has 0 saturated carbocycles. The number of nitrogens with zero attached hydrogens (tertiary/aromatic N) is 2. The lowest BCUT2D eigenvalue weighted by atomic mass is 10.1. The summed E-state index contributed by atoms with van der Waals surface area (Å²) in [6, 6.07) is 5.09. The van der Waals surface area contributed by atoms with E-state index in [1.165, 1.54) is 0 Å². The summed E-state index contributed by atoms with van der Waals surface area (Å²) in [5, 5.41) is 0. The highest BCUT2D eigenvalue weighted by Gasteiger charge is 2.30. The number of carbonyl (C=O) groups is 2. The SMILES string of the molecule is CN(C(=O)OC(C)(C)C)S(=O)(=O)COc1ccc2c(c1)CN(C(=O)OC(C)(C)C)C2. The average molecular weight is 443 g/mol. The number of carbonyl (C=O) groups excluding carboxylic acids is 2. The highest BCUT2D eigenvalue weighted by molar-refractivity contribution is 7.89. The van der Waals surface area contributed by atoms with Crippen LogP contribution in [0.3, 0.4) is 0 Å². The Morgan fingerprint density at radius 2 is 1.57 bits per heavy atom. The molecule has 1 aromatic carbocycles. The Morgan fingerprint density at radius 3 is 2.13 bits per heavy atom. The smallest absolute Gasteiger partial charge is 0.423 e. The standard InChI is InChI=1S/C20H30N2O7S/c1-19(2,3)28-17(23)21(7)30(25,26)13-27-16-9-8-14-11-22(12-15(14)10-16)18(24)29-20(4,5)6/h8-10H,11-13H2,1-7H3. The van der Waals surface area contributed by atoms with Gasteiger partial charge in [-0.05, 0) is 64.8 Å². The Balaban J connectivity index is 2.00. The van der Waals surface area contributed by atoms with E-state index in [4.69, 9.17) is 14.2 Å². The molecular weight excluding hydrogens is 412 g/mol. The van der Waals surface area contributed by atoms with E-state index in [0.29, 0.717) is 23.1 Å². The highest BCUT2D eigenvalue weighted by atomic mass is 32.2. The Hall–Kier alpha value is -2.49. The lowest BCUT2D eigenvalue weighted by molar-refractivity contribution is 0.0241. The molecule has 0 spiro atoms. The first-order valence-corrected chi connectivity index (χ1v) is 11.1. The Morgan fingerprint density at radius 1 is 1.00 bits per heavy atom. The summed E-state index contributed by atoms with van der Waals surface area (Å²) in [7, 11) is -2.92. The second-order valence-corrected chi connectivity index (χ2v) is 11.0. The van der Waals surface area contributed by atoms with Crippen LogP contribution in [0, 0.1) is 0 Å². The van der Waals surface area contributed by atoms with Crippen LogP contribution in [0.4, 0.5) is 9.59 Å². The summed E-state index contributed by atoms with van der Waals surface area (Å²) in [6.45, 7) is 11.1. The predicted molar refractivity (Wildman–Crippen MR) is 110 cm³/mol. The van der Waals surface area contributed by atoms with Gasteiger partial charge in [0.15, 0.2) is 0 Å². The van der Waals surface area contributed by atoms with Gasteiger partial charge in [0, 0.05) is 20.1 Å². The minimum atomic E-state index is -4.04. The van der Waals surface area contributed by atoms with Crippen LogP contribution in [-0.4, -0.2) is 54.0 Å². The van der Waals surface area contributed by atoms with E-state index < -0.39 is 39.4 Å². The fourth-order valence-electron chi connectivity index (χ4n) is 2.58. The minimum Gasteiger partial charge on any atom is -0.476 e. The molecule has 1 heterocycles. The summed E-state index contributed by atoms with van der Waals surface area (Å²) in [6.07, 6.45) is -1.39. The van der Waals surface area contributed by atoms with Crippen molar-refractivity contribution in [2.75, 3.05) is 13.0 Å². The van der Waals surface area contributed by atoms with Crippen LogP contribution in [0.2, 0.25) is 0 Å². The first-order chi connectivity index (χ1) is 13.6. The van der Waals surface area contributed by atoms with Crippen molar-refractivity contribution in [1.29, 1.82) is 0 Å². The van der Waals surface area contributed by atoms with Crippen molar-refractivity contribution in [3.05, 3.63) is 29.3 Å². The van der Waals surface area contributed by atoms with Crippen LogP contribution in [-0.2, 0) is 32.6 Å². The third-order valence-electron chi connectivity index (χ3n) is 3.99. The molecule has 9 nitrogen and oxygen atoms in total. The van der Waals surface area contributed by atoms with Gasteiger partial charge < -0.3 is 14.2 Å². The number of hydrogen-bond acceptors (Lipinski definition) is 7. The summed E-state index contributed by atoms with van der Waals surface area (Å²) in [5.74, 6) is -0.405. The lowest BCUT2D eigenvalue weighted by Gasteiger charge is -2.24. The van der Waals surface area contributed by atoms with Crippen LogP contribution in [0.1, 0.15) is 52.7 Å². The monoisotopic (exact) mass is 442 g/mol. The van der Waals surface area contributed by atoms with Gasteiger partial charge in [0.1, 0.15) is 17.0 Å². The molecule has 1 aromatic rings. The summed E-state index contributed by atoms with van der Waals surface area (Å²) in [4.78, 5) is 25.8. The average Bonchev–Trinajstić information content (AvgIpc) is 3.00. The van der Waals surface area contributed by atoms with Crippen LogP contribution in [0.5, 0.6) is 5.75 Å². The molecule has 0 bridgehead atoms. The molecule has 0 fully saturated rings. The molecule has 30 heavy (non-hydrogen) atoms. The van der Waals surface area contributed by atoms with Crippen molar-refractivity contribution in [1.82, 2.24) is 9.21 Å². The highest BCUT2D eigenvalue weighted by Crippen LogP contribution is 2.28. The van der Waals surface area contributed by atoms with Gasteiger partial charge in [-0.3, -0.25) is 4.90 Å². The van der Waals surface area contributed by atoms with E-state index in [2.05, 4.69) is 0 Å². The Labute approximate surface area is 177 Å². The van der Waals surface area contributed by atoms with Crippen LogP contribution < -0.4 is 4.74 Å². The predicted octanol–water partition coefficient (Wildman–Crippen LogP) is 3.47. The van der Waals surface area contributed by atoms with Crippen molar-refractivity contribution in [2.45, 2.75) is 65.8 Å². The van der Waals surface area contributed by atoms with Crippen molar-refractivity contribution >= 4 is 22.2 Å². The maximum absolute atomic E-state index is 12.4. The van der Waals surface area contributed by atoms with Crippen molar-refractivity contribution in [2.24, 2.45) is 0 Å². The molecule has 0 aromatic heterocycles. The first-order valence-electron chi connectivity index (χ1n) is 9.49. The van der Waals surface area contributed by atoms with Crippen molar-refractivity contribution in [3.63, 3.8) is 0 Å². The molecular formula is C20H30N2O7S. The summed E-state index contributed by atoms with van der Waals surface area (Å²) < 4.78 is 41.1. The van der Waals surface area contributed by atoms with Gasteiger partial charge >= 0.3 is 12.2 Å². The second-order valence-electron chi connectivity index (χ2n) is 9.09. The normalized spacial score (nSPS) is 14.2. The van der Waals surface area contributed by atoms with Gasteiger partial charge in [-0.2, -0.15) is 0 Å². The molecule has 0 radical (unpaired) electrons. The quantitative estimate of drug-likeness (QED) is 0.703. The van der Waals surface area contributed by atoms with Gasteiger partial charge in [0.2, 0.25) is 5.94 Å². The zero-order valence-electron chi connectivity index (χ0n) is 18.5. The largest absolute Gasteiger partial charge is 0.476 e. The minimum absolute atomic E-state index is 0.320. The molecule has 0 N–H and O–H groups in total. The number of benzene rings is 1. The van der Waals surface area contributed by atoms with Crippen LogP contribution >= 0.6 is 0 Å². The van der Waals surface area contributed by atoms with E-state index in [-0.39, 0.29) is 0 Å². The van der Waals surface area contributed by atoms with Gasteiger partial charge in [0.05, 0.1) is 0 Å².